The Kier molecular flexibility index (Phi) is 3.36. The molecule has 3 heterocycles. The summed E-state index contributed by atoms with van der Waals surface area (Å²) < 4.78 is 1.78. The van der Waals surface area contributed by atoms with Crippen LogP contribution in [-0.4, -0.2) is 22.2 Å². The summed E-state index contributed by atoms with van der Waals surface area (Å²) in [5, 5.41) is 23.7. The number of fused-ring (bicyclic) bond motifs is 1. The average Bonchev–Trinajstić information content (AvgIpc) is 2.99. The van der Waals surface area contributed by atoms with Gasteiger partial charge in [0.05, 0.1) is 5.59 Å². The highest BCUT2D eigenvalue weighted by Gasteiger charge is 2.25. The number of nitrogens with two attached hydrogens (primary N) is 1. The molecule has 4 nitrogen and oxygen atoms in total. The quantitative estimate of drug-likeness (QED) is 0.615. The number of hydrogen-bond donors (Lipinski definition) is 3. The zero-order chi connectivity index (χ0) is 13.6. The summed E-state index contributed by atoms with van der Waals surface area (Å²) in [5.74, 6) is 0.298. The Morgan fingerprint density at radius 3 is 2.74 bits per heavy atom. The van der Waals surface area contributed by atoms with Gasteiger partial charge in [0.1, 0.15) is 5.82 Å². The molecular formula is C11H8BBrN2O2S2. The molecule has 0 amide bonds. The zero-order valence-corrected chi connectivity index (χ0v) is 12.7. The molecule has 0 aliphatic carbocycles. The Hall–Kier alpha value is -0.925. The van der Waals surface area contributed by atoms with Crippen molar-refractivity contribution in [2.24, 2.45) is 0 Å². The summed E-state index contributed by atoms with van der Waals surface area (Å²) in [4.78, 5) is 5.09. The fraction of sp³-hybridized carbons (Fsp3) is 0. The Morgan fingerprint density at radius 2 is 2.11 bits per heavy atom. The van der Waals surface area contributed by atoms with E-state index in [9.17, 15) is 10.0 Å². The molecular weight excluding hydrogens is 347 g/mol. The number of hydrogen-bond acceptors (Lipinski definition) is 6. The largest absolute Gasteiger partial charge is 0.508 e. The maximum atomic E-state index is 9.53. The second kappa shape index (κ2) is 4.88. The van der Waals surface area contributed by atoms with E-state index in [1.165, 1.54) is 22.7 Å². The minimum Gasteiger partial charge on any atom is -0.422 e. The van der Waals surface area contributed by atoms with Crippen LogP contribution in [0.5, 0.6) is 0 Å². The van der Waals surface area contributed by atoms with E-state index in [1.54, 1.807) is 0 Å². The van der Waals surface area contributed by atoms with Gasteiger partial charge in [0.2, 0.25) is 0 Å². The molecule has 3 aromatic rings. The van der Waals surface area contributed by atoms with Gasteiger partial charge in [-0.15, -0.1) is 22.7 Å². The second-order valence-corrected chi connectivity index (χ2v) is 6.58. The fourth-order valence-electron chi connectivity index (χ4n) is 1.96. The molecule has 4 N–H and O–H groups in total. The predicted octanol–water partition coefficient (Wildman–Crippen LogP) is 2.05. The molecule has 0 unspecified atom stereocenters. The van der Waals surface area contributed by atoms with E-state index in [1.807, 2.05) is 22.9 Å². The summed E-state index contributed by atoms with van der Waals surface area (Å²) in [6.45, 7) is 0. The van der Waals surface area contributed by atoms with Crippen molar-refractivity contribution in [3.05, 3.63) is 27.4 Å². The monoisotopic (exact) mass is 354 g/mol. The lowest BCUT2D eigenvalue weighted by atomic mass is 9.81. The summed E-state index contributed by atoms with van der Waals surface area (Å²) in [6, 6.07) is 3.84. The van der Waals surface area contributed by atoms with Crippen molar-refractivity contribution in [3.63, 3.8) is 0 Å². The SMILES string of the molecule is Nc1nc(B(O)O)c(-c2cccs2)c2scc(Br)c12. The number of nitrogens with zero attached hydrogens (tertiary/aromatic N) is 1. The molecule has 0 spiro atoms. The van der Waals surface area contributed by atoms with Crippen LogP contribution < -0.4 is 11.3 Å². The van der Waals surface area contributed by atoms with Gasteiger partial charge in [0.15, 0.2) is 0 Å². The molecule has 0 aliphatic heterocycles. The molecule has 0 radical (unpaired) electrons. The van der Waals surface area contributed by atoms with Crippen molar-refractivity contribution in [1.82, 2.24) is 4.98 Å². The van der Waals surface area contributed by atoms with Crippen LogP contribution in [0.1, 0.15) is 0 Å². The topological polar surface area (TPSA) is 79.4 Å². The van der Waals surface area contributed by atoms with Crippen LogP contribution in [0.15, 0.2) is 27.4 Å². The number of rotatable bonds is 2. The molecule has 0 bridgehead atoms. The van der Waals surface area contributed by atoms with Gasteiger partial charge in [-0.3, -0.25) is 0 Å². The third kappa shape index (κ3) is 2.09. The van der Waals surface area contributed by atoms with Gasteiger partial charge in [-0.2, -0.15) is 0 Å². The highest BCUT2D eigenvalue weighted by Crippen LogP contribution is 2.40. The first-order valence-corrected chi connectivity index (χ1v) is 7.91. The number of anilines is 1. The third-order valence-corrected chi connectivity index (χ3v) is 5.55. The highest BCUT2D eigenvalue weighted by molar-refractivity contribution is 9.10. The number of pyridine rings is 1. The van der Waals surface area contributed by atoms with Gasteiger partial charge in [0, 0.05) is 30.4 Å². The summed E-state index contributed by atoms with van der Waals surface area (Å²) in [5.41, 5.74) is 6.85. The Morgan fingerprint density at radius 1 is 1.32 bits per heavy atom. The van der Waals surface area contributed by atoms with Crippen LogP contribution >= 0.6 is 38.6 Å². The molecule has 8 heteroatoms. The maximum absolute atomic E-state index is 9.53. The van der Waals surface area contributed by atoms with Gasteiger partial charge in [-0.25, -0.2) is 4.98 Å². The fourth-order valence-corrected chi connectivity index (χ4v) is 4.63. The summed E-state index contributed by atoms with van der Waals surface area (Å²) >= 11 is 6.47. The molecule has 96 valence electrons. The Labute approximate surface area is 125 Å². The summed E-state index contributed by atoms with van der Waals surface area (Å²) in [6.07, 6.45) is 0. The van der Waals surface area contributed by atoms with Gasteiger partial charge in [-0.05, 0) is 27.4 Å². The van der Waals surface area contributed by atoms with Crippen LogP contribution in [0.25, 0.3) is 20.5 Å². The van der Waals surface area contributed by atoms with Crippen molar-refractivity contribution in [3.8, 4) is 10.4 Å². The molecule has 0 aromatic carbocycles. The van der Waals surface area contributed by atoms with Crippen molar-refractivity contribution >= 4 is 67.2 Å². The van der Waals surface area contributed by atoms with Gasteiger partial charge in [-0.1, -0.05) is 6.07 Å². The van der Waals surface area contributed by atoms with E-state index in [4.69, 9.17) is 5.73 Å². The average molecular weight is 355 g/mol. The first-order chi connectivity index (χ1) is 9.09. The molecule has 3 rings (SSSR count). The number of thiophene rings is 2. The minimum absolute atomic E-state index is 0.196. The van der Waals surface area contributed by atoms with E-state index in [-0.39, 0.29) is 5.59 Å². The predicted molar refractivity (Wildman–Crippen MR) is 84.9 cm³/mol. The minimum atomic E-state index is -1.65. The maximum Gasteiger partial charge on any atom is 0.508 e. The Balaban J connectivity index is 2.45. The lowest BCUT2D eigenvalue weighted by Crippen LogP contribution is -2.35. The van der Waals surface area contributed by atoms with Crippen molar-refractivity contribution in [2.75, 3.05) is 5.73 Å². The molecule has 0 aliphatic rings. The van der Waals surface area contributed by atoms with E-state index in [2.05, 4.69) is 20.9 Å². The van der Waals surface area contributed by atoms with Crippen LogP contribution in [0, 0.1) is 0 Å². The molecule has 0 atom stereocenters. The molecule has 19 heavy (non-hydrogen) atoms. The van der Waals surface area contributed by atoms with Crippen LogP contribution in [-0.2, 0) is 0 Å². The third-order valence-electron chi connectivity index (χ3n) is 2.74. The van der Waals surface area contributed by atoms with E-state index in [0.717, 1.165) is 25.0 Å². The molecule has 3 aromatic heterocycles. The number of halogens is 1. The summed E-state index contributed by atoms with van der Waals surface area (Å²) in [7, 11) is -1.65. The molecule has 0 saturated heterocycles. The normalized spacial score (nSPS) is 11.1. The van der Waals surface area contributed by atoms with Gasteiger partial charge >= 0.3 is 7.12 Å². The zero-order valence-electron chi connectivity index (χ0n) is 9.50. The van der Waals surface area contributed by atoms with Crippen LogP contribution in [0.3, 0.4) is 0 Å². The van der Waals surface area contributed by atoms with E-state index < -0.39 is 7.12 Å². The van der Waals surface area contributed by atoms with Crippen molar-refractivity contribution in [1.29, 1.82) is 0 Å². The molecule has 0 fully saturated rings. The Bertz CT molecular complexity index is 743. The lowest BCUT2D eigenvalue weighted by molar-refractivity contribution is 0.424. The molecule has 0 saturated carbocycles. The van der Waals surface area contributed by atoms with E-state index in [0.29, 0.717) is 5.82 Å². The van der Waals surface area contributed by atoms with Gasteiger partial charge < -0.3 is 15.8 Å². The number of aromatic nitrogens is 1. The van der Waals surface area contributed by atoms with Crippen molar-refractivity contribution < 1.29 is 10.0 Å². The van der Waals surface area contributed by atoms with Crippen LogP contribution in [0.4, 0.5) is 5.82 Å². The smallest absolute Gasteiger partial charge is 0.422 e. The van der Waals surface area contributed by atoms with Crippen LogP contribution in [0.2, 0.25) is 0 Å². The standard InChI is InChI=1S/C11H8BBrN2O2S2/c13-5-4-19-9-7(5)11(14)15-10(12(16)17)8(9)6-2-1-3-18-6/h1-4,16-17H,(H2,14,15). The lowest BCUT2D eigenvalue weighted by Gasteiger charge is -2.10. The highest BCUT2D eigenvalue weighted by atomic mass is 79.9. The van der Waals surface area contributed by atoms with E-state index >= 15 is 0 Å². The number of nitrogen functional groups attached to an aromatic ring is 1. The first kappa shape index (κ1) is 13.1. The van der Waals surface area contributed by atoms with Crippen molar-refractivity contribution in [2.45, 2.75) is 0 Å². The first-order valence-electron chi connectivity index (χ1n) is 5.35. The van der Waals surface area contributed by atoms with Gasteiger partial charge in [0.25, 0.3) is 0 Å². The second-order valence-electron chi connectivity index (χ2n) is 3.90.